The maximum Gasteiger partial charge on any atom is 0.141 e. The average Bonchev–Trinajstić information content (AvgIpc) is 3.01. The van der Waals surface area contributed by atoms with Crippen LogP contribution in [0.15, 0.2) is 73.1 Å². The first kappa shape index (κ1) is 15.6. The minimum atomic E-state index is 0.951. The lowest BCUT2D eigenvalue weighted by molar-refractivity contribution is 0.662. The summed E-state index contributed by atoms with van der Waals surface area (Å²) in [6.45, 7) is 3.08. The van der Waals surface area contributed by atoms with Gasteiger partial charge in [-0.3, -0.25) is 4.98 Å². The summed E-state index contributed by atoms with van der Waals surface area (Å²) in [6.07, 6.45) is 5.81. The van der Waals surface area contributed by atoms with Crippen molar-refractivity contribution >= 4 is 11.0 Å². The molecule has 3 nitrogen and oxygen atoms in total. The molecule has 0 fully saturated rings. The number of hydrogen-bond donors (Lipinski definition) is 0. The van der Waals surface area contributed by atoms with Crippen molar-refractivity contribution < 1.29 is 0 Å². The molecule has 0 saturated carbocycles. The maximum atomic E-state index is 4.88. The summed E-state index contributed by atoms with van der Waals surface area (Å²) in [7, 11) is 0. The zero-order valence-corrected chi connectivity index (χ0v) is 14.4. The number of aryl methyl sites for hydroxylation is 3. The Morgan fingerprint density at radius 1 is 0.920 bits per heavy atom. The van der Waals surface area contributed by atoms with E-state index >= 15 is 0 Å². The van der Waals surface area contributed by atoms with Gasteiger partial charge in [0, 0.05) is 24.5 Å². The molecule has 25 heavy (non-hydrogen) atoms. The normalized spacial score (nSPS) is 11.1. The van der Waals surface area contributed by atoms with Crippen molar-refractivity contribution in [3.05, 3.63) is 84.2 Å². The van der Waals surface area contributed by atoms with Gasteiger partial charge in [0.05, 0.1) is 11.0 Å². The summed E-state index contributed by atoms with van der Waals surface area (Å²) in [6, 6.07) is 21.2. The molecule has 0 aliphatic heterocycles. The molecular weight excluding hydrogens is 306 g/mol. The van der Waals surface area contributed by atoms with Crippen molar-refractivity contribution in [2.45, 2.75) is 26.3 Å². The van der Waals surface area contributed by atoms with E-state index in [4.69, 9.17) is 4.98 Å². The lowest BCUT2D eigenvalue weighted by Gasteiger charge is -2.10. The van der Waals surface area contributed by atoms with E-state index in [0.717, 1.165) is 36.3 Å². The van der Waals surface area contributed by atoms with Gasteiger partial charge in [-0.1, -0.05) is 36.4 Å². The molecule has 0 N–H and O–H groups in total. The summed E-state index contributed by atoms with van der Waals surface area (Å²) < 4.78 is 2.35. The molecule has 4 aromatic rings. The molecule has 0 spiro atoms. The Kier molecular flexibility index (Phi) is 4.30. The Labute approximate surface area is 148 Å². The van der Waals surface area contributed by atoms with Crippen LogP contribution < -0.4 is 0 Å². The van der Waals surface area contributed by atoms with Crippen LogP contribution in [0.5, 0.6) is 0 Å². The zero-order valence-electron chi connectivity index (χ0n) is 14.4. The van der Waals surface area contributed by atoms with E-state index in [1.165, 1.54) is 16.6 Å². The van der Waals surface area contributed by atoms with Gasteiger partial charge in [0.1, 0.15) is 5.82 Å². The highest BCUT2D eigenvalue weighted by atomic mass is 15.1. The predicted octanol–water partition coefficient (Wildman–Crippen LogP) is 5.04. The van der Waals surface area contributed by atoms with Gasteiger partial charge in [0.15, 0.2) is 0 Å². The zero-order chi connectivity index (χ0) is 17.1. The molecule has 3 heteroatoms. The molecule has 2 heterocycles. The van der Waals surface area contributed by atoms with Crippen LogP contribution in [-0.2, 0) is 13.0 Å². The van der Waals surface area contributed by atoms with E-state index in [9.17, 15) is 0 Å². The molecule has 0 saturated heterocycles. The monoisotopic (exact) mass is 327 g/mol. The highest BCUT2D eigenvalue weighted by molar-refractivity contribution is 5.81. The van der Waals surface area contributed by atoms with Crippen molar-refractivity contribution in [3.63, 3.8) is 0 Å². The van der Waals surface area contributed by atoms with Crippen LogP contribution in [0.4, 0.5) is 0 Å². The smallest absolute Gasteiger partial charge is 0.141 e. The van der Waals surface area contributed by atoms with Crippen molar-refractivity contribution in [1.82, 2.24) is 14.5 Å². The number of nitrogens with zero attached hydrogens (tertiary/aromatic N) is 3. The van der Waals surface area contributed by atoms with Crippen molar-refractivity contribution in [2.75, 3.05) is 0 Å². The van der Waals surface area contributed by atoms with Crippen LogP contribution >= 0.6 is 0 Å². The Morgan fingerprint density at radius 2 is 1.72 bits per heavy atom. The Balaban J connectivity index is 1.68. The molecule has 0 aliphatic carbocycles. The van der Waals surface area contributed by atoms with Crippen LogP contribution in [-0.4, -0.2) is 14.5 Å². The molecule has 0 radical (unpaired) electrons. The van der Waals surface area contributed by atoms with Crippen molar-refractivity contribution in [2.24, 2.45) is 0 Å². The number of aromatic nitrogens is 3. The number of fused-ring (bicyclic) bond motifs is 1. The third-order valence-electron chi connectivity index (χ3n) is 4.53. The van der Waals surface area contributed by atoms with E-state index in [1.54, 1.807) is 0 Å². The molecule has 2 aromatic carbocycles. The number of pyridine rings is 1. The Bertz CT molecular complexity index is 972. The topological polar surface area (TPSA) is 30.7 Å². The highest BCUT2D eigenvalue weighted by Gasteiger charge is 2.12. The van der Waals surface area contributed by atoms with Gasteiger partial charge >= 0.3 is 0 Å². The predicted molar refractivity (Wildman–Crippen MR) is 102 cm³/mol. The molecule has 0 amide bonds. The van der Waals surface area contributed by atoms with Gasteiger partial charge in [-0.15, -0.1) is 0 Å². The molecule has 4 rings (SSSR count). The SMILES string of the molecule is Cc1ccc2nc(-c3ccncc3)n(CCCc3ccccc3)c2c1. The fourth-order valence-electron chi connectivity index (χ4n) is 3.27. The number of hydrogen-bond acceptors (Lipinski definition) is 2. The first-order chi connectivity index (χ1) is 12.3. The van der Waals surface area contributed by atoms with Gasteiger partial charge in [-0.25, -0.2) is 4.98 Å². The average molecular weight is 327 g/mol. The third-order valence-corrected chi connectivity index (χ3v) is 4.53. The quantitative estimate of drug-likeness (QED) is 0.514. The second-order valence-corrected chi connectivity index (χ2v) is 6.40. The van der Waals surface area contributed by atoms with Gasteiger partial charge in [-0.05, 0) is 55.2 Å². The number of rotatable bonds is 5. The number of imidazole rings is 1. The van der Waals surface area contributed by atoms with E-state index < -0.39 is 0 Å². The fourth-order valence-corrected chi connectivity index (χ4v) is 3.27. The molecule has 2 aromatic heterocycles. The lowest BCUT2D eigenvalue weighted by Crippen LogP contribution is -2.02. The van der Waals surface area contributed by atoms with Crippen LogP contribution in [0.2, 0.25) is 0 Å². The summed E-state index contributed by atoms with van der Waals surface area (Å²) in [5, 5.41) is 0. The number of benzene rings is 2. The van der Waals surface area contributed by atoms with Crippen LogP contribution in [0.1, 0.15) is 17.5 Å². The molecule has 0 unspecified atom stereocenters. The first-order valence-electron chi connectivity index (χ1n) is 8.72. The van der Waals surface area contributed by atoms with Crippen molar-refractivity contribution in [3.8, 4) is 11.4 Å². The van der Waals surface area contributed by atoms with Crippen molar-refractivity contribution in [1.29, 1.82) is 0 Å². The van der Waals surface area contributed by atoms with E-state index in [-0.39, 0.29) is 0 Å². The summed E-state index contributed by atoms with van der Waals surface area (Å²) in [4.78, 5) is 9.02. The largest absolute Gasteiger partial charge is 0.324 e. The minimum Gasteiger partial charge on any atom is -0.324 e. The van der Waals surface area contributed by atoms with Gasteiger partial charge in [-0.2, -0.15) is 0 Å². The van der Waals surface area contributed by atoms with Crippen LogP contribution in [0.3, 0.4) is 0 Å². The lowest BCUT2D eigenvalue weighted by atomic mass is 10.1. The van der Waals surface area contributed by atoms with E-state index in [1.807, 2.05) is 24.5 Å². The third kappa shape index (κ3) is 3.31. The Hall–Kier alpha value is -2.94. The molecule has 0 atom stereocenters. The summed E-state index contributed by atoms with van der Waals surface area (Å²) in [5.41, 5.74) is 6.02. The van der Waals surface area contributed by atoms with Crippen LogP contribution in [0.25, 0.3) is 22.4 Å². The fraction of sp³-hybridized carbons (Fsp3) is 0.182. The van der Waals surface area contributed by atoms with Gasteiger partial charge < -0.3 is 4.57 Å². The minimum absolute atomic E-state index is 0.951. The maximum absolute atomic E-state index is 4.88. The van der Waals surface area contributed by atoms with Gasteiger partial charge in [0.2, 0.25) is 0 Å². The second-order valence-electron chi connectivity index (χ2n) is 6.40. The van der Waals surface area contributed by atoms with Crippen LogP contribution in [0, 0.1) is 6.92 Å². The van der Waals surface area contributed by atoms with Gasteiger partial charge in [0.25, 0.3) is 0 Å². The molecule has 0 bridgehead atoms. The van der Waals surface area contributed by atoms with E-state index in [0.29, 0.717) is 0 Å². The molecule has 0 aliphatic rings. The molecular formula is C22H21N3. The standard InChI is InChI=1S/C22H21N3/c1-17-9-10-20-21(16-17)25(15-5-8-18-6-3-2-4-7-18)22(24-20)19-11-13-23-14-12-19/h2-4,6-7,9-14,16H,5,8,15H2,1H3. The molecule has 124 valence electrons. The Morgan fingerprint density at radius 3 is 2.52 bits per heavy atom. The first-order valence-corrected chi connectivity index (χ1v) is 8.72. The second kappa shape index (κ2) is 6.89. The highest BCUT2D eigenvalue weighted by Crippen LogP contribution is 2.26. The summed E-state index contributed by atoms with van der Waals surface area (Å²) >= 11 is 0. The van der Waals surface area contributed by atoms with E-state index in [2.05, 4.69) is 65.0 Å². The summed E-state index contributed by atoms with van der Waals surface area (Å²) in [5.74, 6) is 1.02.